The number of carbonyl (C=O) groups excluding carboxylic acids is 2. The number of phosphoric acid groups is 1. The highest BCUT2D eigenvalue weighted by atomic mass is 31.2. The first-order valence-corrected chi connectivity index (χ1v) is 22.3. The van der Waals surface area contributed by atoms with E-state index in [9.17, 15) is 34.4 Å². The fraction of sp³-hybridized carbons (Fsp3) is 0.636. The van der Waals surface area contributed by atoms with E-state index in [1.54, 1.807) is 36.5 Å². The molecule has 0 fully saturated rings. The van der Waals surface area contributed by atoms with Gasteiger partial charge in [-0.25, -0.2) is 4.57 Å². The molecule has 0 bridgehead atoms. The van der Waals surface area contributed by atoms with Gasteiger partial charge in [-0.3, -0.25) is 18.6 Å². The van der Waals surface area contributed by atoms with Crippen molar-refractivity contribution in [3.63, 3.8) is 0 Å². The first-order chi connectivity index (χ1) is 27.5. The molecule has 57 heavy (non-hydrogen) atoms. The van der Waals surface area contributed by atoms with Crippen LogP contribution in [-0.4, -0.2) is 88.1 Å². The van der Waals surface area contributed by atoms with Crippen molar-refractivity contribution in [2.24, 2.45) is 0 Å². The van der Waals surface area contributed by atoms with E-state index in [-0.39, 0.29) is 19.3 Å². The summed E-state index contributed by atoms with van der Waals surface area (Å²) in [5, 5.41) is 38.6. The summed E-state index contributed by atoms with van der Waals surface area (Å²) in [6, 6.07) is 0. The van der Waals surface area contributed by atoms with Crippen molar-refractivity contribution >= 4 is 19.8 Å². The van der Waals surface area contributed by atoms with Gasteiger partial charge in [-0.05, 0) is 70.6 Å². The SMILES string of the molecule is CC/C=C\C/C=C\C/C=C\CCCCCCCC(=O)O[C@H](COC(=O)CCC[C@H](O)\C=C/C=C/C=C/[C@H](O)C/C=C\CCCCC)COP(=O)(O)OC[C@@H](O)CO. The summed E-state index contributed by atoms with van der Waals surface area (Å²) in [5.41, 5.74) is 0. The maximum atomic E-state index is 12.6. The lowest BCUT2D eigenvalue weighted by atomic mass is 10.1. The van der Waals surface area contributed by atoms with Gasteiger partial charge in [-0.1, -0.05) is 131 Å². The maximum Gasteiger partial charge on any atom is 0.472 e. The zero-order chi connectivity index (χ0) is 42.2. The number of hydrogen-bond acceptors (Lipinski definition) is 11. The highest BCUT2D eigenvalue weighted by Gasteiger charge is 2.27. The summed E-state index contributed by atoms with van der Waals surface area (Å²) in [6.45, 7) is 1.87. The third-order valence-corrected chi connectivity index (χ3v) is 9.17. The van der Waals surface area contributed by atoms with E-state index < -0.39 is 70.6 Å². The number of ether oxygens (including phenoxy) is 2. The van der Waals surface area contributed by atoms with Crippen LogP contribution in [0, 0.1) is 0 Å². The lowest BCUT2D eigenvalue weighted by Gasteiger charge is -2.20. The second-order valence-corrected chi connectivity index (χ2v) is 15.1. The Morgan fingerprint density at radius 2 is 1.21 bits per heavy atom. The van der Waals surface area contributed by atoms with Gasteiger partial charge >= 0.3 is 19.8 Å². The molecule has 0 saturated heterocycles. The lowest BCUT2D eigenvalue weighted by molar-refractivity contribution is -0.161. The van der Waals surface area contributed by atoms with Crippen LogP contribution in [0.2, 0.25) is 0 Å². The first-order valence-electron chi connectivity index (χ1n) is 20.8. The molecule has 0 aromatic carbocycles. The molecule has 0 aromatic rings. The van der Waals surface area contributed by atoms with Gasteiger partial charge in [0.05, 0.1) is 32.0 Å². The Morgan fingerprint density at radius 3 is 1.89 bits per heavy atom. The van der Waals surface area contributed by atoms with Crippen molar-refractivity contribution in [2.45, 2.75) is 154 Å². The van der Waals surface area contributed by atoms with Crippen molar-refractivity contribution in [3.05, 3.63) is 85.1 Å². The molecule has 0 amide bonds. The fourth-order valence-corrected chi connectivity index (χ4v) is 5.75. The van der Waals surface area contributed by atoms with Gasteiger partial charge in [0.2, 0.25) is 0 Å². The van der Waals surface area contributed by atoms with Gasteiger partial charge < -0.3 is 34.8 Å². The monoisotopic (exact) mass is 824 g/mol. The third-order valence-electron chi connectivity index (χ3n) is 8.22. The van der Waals surface area contributed by atoms with Gasteiger partial charge in [0.25, 0.3) is 0 Å². The van der Waals surface area contributed by atoms with Gasteiger partial charge in [0.1, 0.15) is 12.7 Å². The second-order valence-electron chi connectivity index (χ2n) is 13.7. The molecular weight excluding hydrogens is 751 g/mol. The largest absolute Gasteiger partial charge is 0.472 e. The second kappa shape index (κ2) is 38.6. The molecule has 1 unspecified atom stereocenters. The number of unbranched alkanes of at least 4 members (excludes halogenated alkanes) is 8. The molecule has 5 N–H and O–H groups in total. The Morgan fingerprint density at radius 1 is 0.632 bits per heavy atom. The summed E-state index contributed by atoms with van der Waals surface area (Å²) in [7, 11) is -4.69. The number of phosphoric ester groups is 1. The van der Waals surface area contributed by atoms with Crippen molar-refractivity contribution in [1.29, 1.82) is 0 Å². The molecule has 0 spiro atoms. The predicted molar refractivity (Wildman–Crippen MR) is 226 cm³/mol. The molecule has 0 aliphatic heterocycles. The molecule has 0 radical (unpaired) electrons. The molecule has 13 heteroatoms. The summed E-state index contributed by atoms with van der Waals surface area (Å²) in [4.78, 5) is 35.0. The van der Waals surface area contributed by atoms with E-state index in [0.717, 1.165) is 64.2 Å². The topological polar surface area (TPSA) is 189 Å². The number of allylic oxidation sites excluding steroid dienone is 11. The minimum Gasteiger partial charge on any atom is -0.462 e. The molecule has 0 aromatic heterocycles. The van der Waals surface area contributed by atoms with E-state index in [2.05, 4.69) is 60.9 Å². The standard InChI is InChI=1S/C44H73O12P/c1-3-5-7-9-11-12-13-14-15-16-17-18-19-21-27-33-44(50)56-42(38-55-57(51,52)54-36-41(48)35-45)37-53-43(49)34-28-32-40(47)31-26-23-22-25-30-39(46)29-24-20-10-8-6-4-2/h5,7,11-12,14-15,20,22-26,30-31,39-42,45-48H,3-4,6,8-10,13,16-19,21,27-29,32-38H2,1-2H3,(H,51,52)/b7-5-,12-11-,15-14-,23-22+,24-20-,30-25+,31-26-/t39-,40-,41+,42-/m1/s1. The lowest BCUT2D eigenvalue weighted by Crippen LogP contribution is -2.30. The molecular formula is C44H73O12P. The maximum absolute atomic E-state index is 12.6. The van der Waals surface area contributed by atoms with Crippen molar-refractivity contribution < 1.29 is 58.0 Å². The number of esters is 2. The van der Waals surface area contributed by atoms with Gasteiger partial charge in [0.15, 0.2) is 6.10 Å². The Balaban J connectivity index is 4.63. The number of carbonyl (C=O) groups is 2. The van der Waals surface area contributed by atoms with Crippen LogP contribution in [0.5, 0.6) is 0 Å². The van der Waals surface area contributed by atoms with Crippen molar-refractivity contribution in [1.82, 2.24) is 0 Å². The van der Waals surface area contributed by atoms with Crippen LogP contribution in [0.4, 0.5) is 0 Å². The van der Waals surface area contributed by atoms with E-state index in [1.807, 2.05) is 6.08 Å². The van der Waals surface area contributed by atoms with Gasteiger partial charge in [-0.15, -0.1) is 0 Å². The number of aliphatic hydroxyl groups excluding tert-OH is 4. The van der Waals surface area contributed by atoms with Crippen LogP contribution in [0.3, 0.4) is 0 Å². The summed E-state index contributed by atoms with van der Waals surface area (Å²) >= 11 is 0. The number of aliphatic hydroxyl groups is 4. The Bertz CT molecular complexity index is 1260. The van der Waals surface area contributed by atoms with E-state index in [0.29, 0.717) is 19.3 Å². The molecule has 0 saturated carbocycles. The minimum absolute atomic E-state index is 0.0274. The highest BCUT2D eigenvalue weighted by molar-refractivity contribution is 7.47. The Hall–Kier alpha value is -2.93. The van der Waals surface area contributed by atoms with Crippen LogP contribution in [0.15, 0.2) is 85.1 Å². The summed E-state index contributed by atoms with van der Waals surface area (Å²) in [5.74, 6) is -1.20. The van der Waals surface area contributed by atoms with E-state index in [1.165, 1.54) is 12.8 Å². The molecule has 0 aliphatic carbocycles. The molecule has 0 heterocycles. The minimum atomic E-state index is -4.69. The summed E-state index contributed by atoms with van der Waals surface area (Å²) < 4.78 is 32.5. The molecule has 0 rings (SSSR count). The molecule has 326 valence electrons. The predicted octanol–water partition coefficient (Wildman–Crippen LogP) is 8.61. The Kier molecular flexibility index (Phi) is 36.6. The van der Waals surface area contributed by atoms with Crippen LogP contribution in [0.1, 0.15) is 129 Å². The fourth-order valence-electron chi connectivity index (χ4n) is 4.96. The van der Waals surface area contributed by atoms with Gasteiger partial charge in [0, 0.05) is 12.8 Å². The van der Waals surface area contributed by atoms with Crippen LogP contribution in [0.25, 0.3) is 0 Å². The zero-order valence-corrected chi connectivity index (χ0v) is 35.4. The summed E-state index contributed by atoms with van der Waals surface area (Å²) in [6.07, 6.45) is 37.5. The quantitative estimate of drug-likeness (QED) is 0.0132. The van der Waals surface area contributed by atoms with Crippen LogP contribution in [-0.2, 0) is 32.7 Å². The normalized spacial score (nSPS) is 15.8. The van der Waals surface area contributed by atoms with Crippen molar-refractivity contribution in [2.75, 3.05) is 26.4 Å². The Labute approximate surface area is 342 Å². The van der Waals surface area contributed by atoms with E-state index in [4.69, 9.17) is 19.1 Å². The highest BCUT2D eigenvalue weighted by Crippen LogP contribution is 2.43. The van der Waals surface area contributed by atoms with Crippen LogP contribution >= 0.6 is 7.82 Å². The smallest absolute Gasteiger partial charge is 0.462 e. The molecule has 5 atom stereocenters. The first kappa shape index (κ1) is 54.1. The molecule has 12 nitrogen and oxygen atoms in total. The number of hydrogen-bond donors (Lipinski definition) is 5. The molecule has 0 aliphatic rings. The van der Waals surface area contributed by atoms with Crippen molar-refractivity contribution in [3.8, 4) is 0 Å². The number of rotatable bonds is 37. The average Bonchev–Trinajstić information content (AvgIpc) is 3.19. The average molecular weight is 825 g/mol. The third kappa shape index (κ3) is 38.4. The van der Waals surface area contributed by atoms with Crippen LogP contribution < -0.4 is 0 Å². The van der Waals surface area contributed by atoms with E-state index >= 15 is 0 Å². The zero-order valence-electron chi connectivity index (χ0n) is 34.5. The van der Waals surface area contributed by atoms with Gasteiger partial charge in [-0.2, -0.15) is 0 Å².